The van der Waals surface area contributed by atoms with Crippen LogP contribution in [0, 0.1) is 6.92 Å². The Hall–Kier alpha value is -2.54. The van der Waals surface area contributed by atoms with Crippen LogP contribution in [0.3, 0.4) is 0 Å². The number of hydrogen-bond acceptors (Lipinski definition) is 7. The molecule has 0 bridgehead atoms. The van der Waals surface area contributed by atoms with Crippen LogP contribution in [-0.2, 0) is 9.57 Å². The van der Waals surface area contributed by atoms with Crippen LogP contribution in [0.2, 0.25) is 0 Å². The Bertz CT molecular complexity index is 864. The van der Waals surface area contributed by atoms with Gasteiger partial charge in [0.05, 0.1) is 17.7 Å². The summed E-state index contributed by atoms with van der Waals surface area (Å²) in [7, 11) is 1.37. The minimum Gasteiger partial charge on any atom is -0.506 e. The number of fused-ring (bicyclic) bond motifs is 1. The smallest absolute Gasteiger partial charge is 0.349 e. The van der Waals surface area contributed by atoms with Gasteiger partial charge in [0, 0.05) is 12.0 Å². The first kappa shape index (κ1) is 17.3. The van der Waals surface area contributed by atoms with Gasteiger partial charge in [0.15, 0.2) is 6.29 Å². The number of oxime groups is 1. The molecule has 0 radical (unpaired) electrons. The Kier molecular flexibility index (Phi) is 4.94. The van der Waals surface area contributed by atoms with Crippen molar-refractivity contribution in [1.29, 1.82) is 0 Å². The molecule has 1 N–H and O–H groups in total. The molecular weight excluding hydrogens is 326 g/mol. The summed E-state index contributed by atoms with van der Waals surface area (Å²) in [6, 6.07) is 3.39. The van der Waals surface area contributed by atoms with E-state index < -0.39 is 5.63 Å². The van der Waals surface area contributed by atoms with Crippen molar-refractivity contribution in [3.8, 4) is 11.5 Å². The molecule has 134 valence electrons. The Labute approximate surface area is 144 Å². The topological polar surface area (TPSA) is 90.5 Å². The van der Waals surface area contributed by atoms with Crippen molar-refractivity contribution in [2.75, 3.05) is 13.7 Å². The molecule has 7 nitrogen and oxygen atoms in total. The van der Waals surface area contributed by atoms with Crippen LogP contribution < -0.4 is 10.4 Å². The molecular formula is C18H21NO6. The van der Waals surface area contributed by atoms with E-state index in [9.17, 15) is 9.90 Å². The summed E-state index contributed by atoms with van der Waals surface area (Å²) in [5, 5.41) is 14.6. The molecule has 3 rings (SSSR count). The highest BCUT2D eigenvalue weighted by atomic mass is 16.7. The number of rotatable bonds is 4. The fourth-order valence-electron chi connectivity index (χ4n) is 2.94. The number of benzene rings is 1. The molecule has 1 unspecified atom stereocenters. The van der Waals surface area contributed by atoms with Gasteiger partial charge in [-0.2, -0.15) is 0 Å². The molecule has 25 heavy (non-hydrogen) atoms. The zero-order valence-electron chi connectivity index (χ0n) is 14.5. The standard InChI is InChI=1S/C18H21NO6/c1-10-13(24-14-6-4-5-9-23-14)8-7-12-16(20)15(11(2)19-22-3)18(21)25-17(10)12/h7-8,14,20H,4-6,9H2,1-3H3/b19-11+. The quantitative estimate of drug-likeness (QED) is 0.519. The lowest BCUT2D eigenvalue weighted by molar-refractivity contribution is -0.106. The molecule has 1 aliphatic rings. The highest BCUT2D eigenvalue weighted by molar-refractivity contribution is 6.04. The average molecular weight is 347 g/mol. The summed E-state index contributed by atoms with van der Waals surface area (Å²) in [6.07, 6.45) is 2.60. The van der Waals surface area contributed by atoms with Crippen molar-refractivity contribution in [3.05, 3.63) is 33.7 Å². The second-order valence-corrected chi connectivity index (χ2v) is 5.95. The van der Waals surface area contributed by atoms with E-state index in [-0.39, 0.29) is 28.9 Å². The van der Waals surface area contributed by atoms with E-state index in [1.54, 1.807) is 26.0 Å². The largest absolute Gasteiger partial charge is 0.506 e. The lowest BCUT2D eigenvalue weighted by atomic mass is 10.1. The highest BCUT2D eigenvalue weighted by Crippen LogP contribution is 2.34. The Morgan fingerprint density at radius 3 is 2.84 bits per heavy atom. The van der Waals surface area contributed by atoms with E-state index in [4.69, 9.17) is 13.9 Å². The molecule has 0 amide bonds. The SMILES string of the molecule is CO/N=C(\C)c1c(O)c2ccc(OC3CCCCO3)c(C)c2oc1=O. The minimum absolute atomic E-state index is 0.0157. The minimum atomic E-state index is -0.683. The maximum absolute atomic E-state index is 12.3. The first-order valence-corrected chi connectivity index (χ1v) is 8.18. The second kappa shape index (κ2) is 7.14. The lowest BCUT2D eigenvalue weighted by Gasteiger charge is -2.24. The van der Waals surface area contributed by atoms with Crippen molar-refractivity contribution < 1.29 is 23.8 Å². The van der Waals surface area contributed by atoms with Crippen LogP contribution in [0.1, 0.15) is 37.3 Å². The third-order valence-electron chi connectivity index (χ3n) is 4.23. The number of nitrogens with zero attached hydrogens (tertiary/aromatic N) is 1. The van der Waals surface area contributed by atoms with Gasteiger partial charge >= 0.3 is 5.63 Å². The molecule has 0 spiro atoms. The van der Waals surface area contributed by atoms with Crippen LogP contribution in [0.25, 0.3) is 11.0 Å². The highest BCUT2D eigenvalue weighted by Gasteiger charge is 2.21. The van der Waals surface area contributed by atoms with E-state index in [0.29, 0.717) is 23.3 Å². The molecule has 2 aromatic rings. The third-order valence-corrected chi connectivity index (χ3v) is 4.23. The van der Waals surface area contributed by atoms with Crippen molar-refractivity contribution >= 4 is 16.7 Å². The number of hydrogen-bond donors (Lipinski definition) is 1. The van der Waals surface area contributed by atoms with Crippen molar-refractivity contribution in [2.24, 2.45) is 5.16 Å². The fourth-order valence-corrected chi connectivity index (χ4v) is 2.94. The van der Waals surface area contributed by atoms with Crippen LogP contribution in [0.5, 0.6) is 11.5 Å². The van der Waals surface area contributed by atoms with Crippen molar-refractivity contribution in [2.45, 2.75) is 39.4 Å². The Morgan fingerprint density at radius 1 is 1.36 bits per heavy atom. The van der Waals surface area contributed by atoms with Gasteiger partial charge in [-0.1, -0.05) is 5.16 Å². The molecule has 2 heterocycles. The van der Waals surface area contributed by atoms with Gasteiger partial charge in [-0.15, -0.1) is 0 Å². The average Bonchev–Trinajstić information content (AvgIpc) is 2.59. The summed E-state index contributed by atoms with van der Waals surface area (Å²) < 4.78 is 16.9. The maximum Gasteiger partial charge on any atom is 0.349 e. The molecule has 1 aromatic carbocycles. The van der Waals surface area contributed by atoms with Crippen LogP contribution in [0.15, 0.2) is 26.5 Å². The van der Waals surface area contributed by atoms with Gasteiger partial charge in [0.25, 0.3) is 0 Å². The number of aromatic hydroxyl groups is 1. The van der Waals surface area contributed by atoms with Gasteiger partial charge in [-0.25, -0.2) is 4.79 Å². The molecule has 1 atom stereocenters. The molecule has 1 aliphatic heterocycles. The van der Waals surface area contributed by atoms with E-state index in [2.05, 4.69) is 9.99 Å². The third kappa shape index (κ3) is 3.32. The molecule has 0 saturated carbocycles. The zero-order valence-corrected chi connectivity index (χ0v) is 14.5. The van der Waals surface area contributed by atoms with E-state index in [1.165, 1.54) is 7.11 Å². The zero-order chi connectivity index (χ0) is 18.0. The van der Waals surface area contributed by atoms with Gasteiger partial charge in [0.1, 0.15) is 29.8 Å². The predicted molar refractivity (Wildman–Crippen MR) is 92.3 cm³/mol. The lowest BCUT2D eigenvalue weighted by Crippen LogP contribution is -2.25. The Morgan fingerprint density at radius 2 is 2.16 bits per heavy atom. The number of ether oxygens (including phenoxy) is 2. The van der Waals surface area contributed by atoms with Gasteiger partial charge in [0.2, 0.25) is 0 Å². The normalized spacial score (nSPS) is 18.4. The number of aryl methyl sites for hydroxylation is 1. The van der Waals surface area contributed by atoms with Gasteiger partial charge < -0.3 is 23.8 Å². The van der Waals surface area contributed by atoms with Gasteiger partial charge in [-0.05, 0) is 38.8 Å². The van der Waals surface area contributed by atoms with Crippen molar-refractivity contribution in [1.82, 2.24) is 0 Å². The molecule has 7 heteroatoms. The molecule has 0 aliphatic carbocycles. The van der Waals surface area contributed by atoms with E-state index in [0.717, 1.165) is 19.3 Å². The first-order valence-electron chi connectivity index (χ1n) is 8.18. The Balaban J connectivity index is 2.06. The van der Waals surface area contributed by atoms with E-state index >= 15 is 0 Å². The molecule has 1 fully saturated rings. The fraction of sp³-hybridized carbons (Fsp3) is 0.444. The second-order valence-electron chi connectivity index (χ2n) is 5.95. The van der Waals surface area contributed by atoms with Crippen LogP contribution in [-0.4, -0.2) is 30.8 Å². The van der Waals surface area contributed by atoms with Crippen LogP contribution >= 0.6 is 0 Å². The summed E-state index contributed by atoms with van der Waals surface area (Å²) in [5.74, 6) is 0.380. The monoisotopic (exact) mass is 347 g/mol. The van der Waals surface area contributed by atoms with Crippen molar-refractivity contribution in [3.63, 3.8) is 0 Å². The first-order chi connectivity index (χ1) is 12.0. The van der Waals surface area contributed by atoms with E-state index in [1.807, 2.05) is 0 Å². The summed E-state index contributed by atoms with van der Waals surface area (Å²) in [6.45, 7) is 4.01. The molecule has 1 aromatic heterocycles. The predicted octanol–water partition coefficient (Wildman–Crippen LogP) is 3.08. The summed E-state index contributed by atoms with van der Waals surface area (Å²) in [5.41, 5.74) is 0.455. The summed E-state index contributed by atoms with van der Waals surface area (Å²) >= 11 is 0. The maximum atomic E-state index is 12.3. The summed E-state index contributed by atoms with van der Waals surface area (Å²) in [4.78, 5) is 17.0. The van der Waals surface area contributed by atoms with Gasteiger partial charge in [-0.3, -0.25) is 0 Å². The van der Waals surface area contributed by atoms with Crippen LogP contribution in [0.4, 0.5) is 0 Å². The molecule has 1 saturated heterocycles.